The van der Waals surface area contributed by atoms with Gasteiger partial charge in [0, 0.05) is 12.6 Å². The molecule has 0 aromatic carbocycles. The fourth-order valence-corrected chi connectivity index (χ4v) is 3.48. The summed E-state index contributed by atoms with van der Waals surface area (Å²) < 4.78 is 5.45. The van der Waals surface area contributed by atoms with E-state index in [9.17, 15) is 4.79 Å². The largest absolute Gasteiger partial charge is 0.465 e. The van der Waals surface area contributed by atoms with Crippen LogP contribution in [-0.4, -0.2) is 48.7 Å². The van der Waals surface area contributed by atoms with Crippen molar-refractivity contribution in [1.82, 2.24) is 10.2 Å². The summed E-state index contributed by atoms with van der Waals surface area (Å²) in [5, 5.41) is 3.68. The zero-order chi connectivity index (χ0) is 14.0. The fourth-order valence-electron chi connectivity index (χ4n) is 3.48. The minimum atomic E-state index is -0.422. The first-order valence-corrected chi connectivity index (χ1v) is 8.42. The Kier molecular flexibility index (Phi) is 4.32. The summed E-state index contributed by atoms with van der Waals surface area (Å²) in [4.78, 5) is 15.2. The van der Waals surface area contributed by atoms with E-state index in [1.165, 1.54) is 44.9 Å². The SMILES string of the molecule is CCOC(=O)C(CN1CCCCC1)(NC1CC1)C1CC1. The summed E-state index contributed by atoms with van der Waals surface area (Å²) in [5.74, 6) is 0.490. The molecule has 1 aliphatic heterocycles. The van der Waals surface area contributed by atoms with Gasteiger partial charge in [-0.05, 0) is 64.5 Å². The van der Waals surface area contributed by atoms with Crippen LogP contribution in [0.2, 0.25) is 0 Å². The second-order valence-electron chi connectivity index (χ2n) is 6.72. The van der Waals surface area contributed by atoms with Crippen molar-refractivity contribution in [3.63, 3.8) is 0 Å². The summed E-state index contributed by atoms with van der Waals surface area (Å²) in [7, 11) is 0. The molecule has 4 heteroatoms. The smallest absolute Gasteiger partial charge is 0.327 e. The van der Waals surface area contributed by atoms with Gasteiger partial charge >= 0.3 is 5.97 Å². The van der Waals surface area contributed by atoms with E-state index in [4.69, 9.17) is 4.74 Å². The van der Waals surface area contributed by atoms with E-state index in [2.05, 4.69) is 10.2 Å². The molecule has 1 heterocycles. The molecule has 3 fully saturated rings. The molecule has 114 valence electrons. The number of ether oxygens (including phenoxy) is 1. The van der Waals surface area contributed by atoms with Crippen molar-refractivity contribution in [2.24, 2.45) is 5.92 Å². The van der Waals surface area contributed by atoms with E-state index in [0.29, 0.717) is 18.6 Å². The van der Waals surface area contributed by atoms with E-state index < -0.39 is 5.54 Å². The fraction of sp³-hybridized carbons (Fsp3) is 0.938. The number of hydrogen-bond donors (Lipinski definition) is 1. The minimum Gasteiger partial charge on any atom is -0.465 e. The third kappa shape index (κ3) is 3.17. The molecule has 1 unspecified atom stereocenters. The number of hydrogen-bond acceptors (Lipinski definition) is 4. The first-order valence-electron chi connectivity index (χ1n) is 8.42. The highest BCUT2D eigenvalue weighted by atomic mass is 16.5. The van der Waals surface area contributed by atoms with Crippen LogP contribution < -0.4 is 5.32 Å². The zero-order valence-corrected chi connectivity index (χ0v) is 12.7. The Balaban J connectivity index is 1.73. The maximum Gasteiger partial charge on any atom is 0.327 e. The van der Waals surface area contributed by atoms with Gasteiger partial charge in [0.15, 0.2) is 0 Å². The number of piperidine rings is 1. The Morgan fingerprint density at radius 3 is 2.45 bits per heavy atom. The van der Waals surface area contributed by atoms with Crippen LogP contribution in [0.4, 0.5) is 0 Å². The summed E-state index contributed by atoms with van der Waals surface area (Å²) in [6.45, 7) is 5.53. The molecule has 20 heavy (non-hydrogen) atoms. The molecule has 1 N–H and O–H groups in total. The Morgan fingerprint density at radius 1 is 1.20 bits per heavy atom. The monoisotopic (exact) mass is 280 g/mol. The first kappa shape index (κ1) is 14.3. The molecule has 3 rings (SSSR count). The zero-order valence-electron chi connectivity index (χ0n) is 12.7. The normalized spacial score (nSPS) is 27.1. The highest BCUT2D eigenvalue weighted by molar-refractivity contribution is 5.82. The van der Waals surface area contributed by atoms with Crippen molar-refractivity contribution in [3.05, 3.63) is 0 Å². The van der Waals surface area contributed by atoms with Gasteiger partial charge < -0.3 is 9.64 Å². The van der Waals surface area contributed by atoms with Gasteiger partial charge in [-0.15, -0.1) is 0 Å². The molecule has 0 bridgehead atoms. The highest BCUT2D eigenvalue weighted by Gasteiger charge is 2.54. The molecule has 0 aromatic rings. The summed E-state index contributed by atoms with van der Waals surface area (Å²) in [6.07, 6.45) is 8.66. The van der Waals surface area contributed by atoms with Crippen LogP contribution in [-0.2, 0) is 9.53 Å². The Hall–Kier alpha value is -0.610. The van der Waals surface area contributed by atoms with Gasteiger partial charge in [-0.3, -0.25) is 5.32 Å². The van der Waals surface area contributed by atoms with Crippen LogP contribution >= 0.6 is 0 Å². The molecule has 4 nitrogen and oxygen atoms in total. The number of carbonyl (C=O) groups excluding carboxylic acids is 1. The van der Waals surface area contributed by atoms with Crippen molar-refractivity contribution in [2.45, 2.75) is 63.5 Å². The maximum atomic E-state index is 12.7. The molecule has 0 amide bonds. The topological polar surface area (TPSA) is 41.6 Å². The lowest BCUT2D eigenvalue weighted by atomic mass is 9.91. The number of carbonyl (C=O) groups is 1. The summed E-state index contributed by atoms with van der Waals surface area (Å²) in [5.41, 5.74) is -0.422. The lowest BCUT2D eigenvalue weighted by Gasteiger charge is -2.39. The number of nitrogens with zero attached hydrogens (tertiary/aromatic N) is 1. The van der Waals surface area contributed by atoms with Gasteiger partial charge in [-0.1, -0.05) is 6.42 Å². The second-order valence-corrected chi connectivity index (χ2v) is 6.72. The maximum absolute atomic E-state index is 12.7. The Bertz CT molecular complexity index is 346. The number of esters is 1. The van der Waals surface area contributed by atoms with E-state index in [1.807, 2.05) is 6.92 Å². The van der Waals surface area contributed by atoms with Crippen LogP contribution in [0.15, 0.2) is 0 Å². The molecular weight excluding hydrogens is 252 g/mol. The third-order valence-corrected chi connectivity index (χ3v) is 4.87. The number of likely N-dealkylation sites (tertiary alicyclic amines) is 1. The average Bonchev–Trinajstić information content (AvgIpc) is 3.32. The quantitative estimate of drug-likeness (QED) is 0.724. The molecule has 3 aliphatic rings. The van der Waals surface area contributed by atoms with Gasteiger partial charge in [-0.25, -0.2) is 4.79 Å². The molecular formula is C16H28N2O2. The standard InChI is InChI=1S/C16H28N2O2/c1-2-20-15(19)16(13-6-7-13,17-14-8-9-14)12-18-10-4-3-5-11-18/h13-14,17H,2-12H2,1H3. The molecule has 2 aliphatic carbocycles. The molecule has 0 spiro atoms. The van der Waals surface area contributed by atoms with Crippen molar-refractivity contribution in [3.8, 4) is 0 Å². The summed E-state index contributed by atoms with van der Waals surface area (Å²) in [6, 6.07) is 0.546. The predicted octanol–water partition coefficient (Wildman–Crippen LogP) is 1.94. The Morgan fingerprint density at radius 2 is 1.90 bits per heavy atom. The summed E-state index contributed by atoms with van der Waals surface area (Å²) >= 11 is 0. The van der Waals surface area contributed by atoms with Gasteiger partial charge in [0.25, 0.3) is 0 Å². The van der Waals surface area contributed by atoms with Gasteiger partial charge in [0.05, 0.1) is 6.61 Å². The average molecular weight is 280 g/mol. The number of nitrogens with one attached hydrogen (secondary N) is 1. The van der Waals surface area contributed by atoms with Crippen molar-refractivity contribution in [1.29, 1.82) is 0 Å². The van der Waals surface area contributed by atoms with E-state index >= 15 is 0 Å². The molecule has 1 saturated heterocycles. The van der Waals surface area contributed by atoms with Gasteiger partial charge in [-0.2, -0.15) is 0 Å². The molecule has 2 saturated carbocycles. The molecule has 1 atom stereocenters. The third-order valence-electron chi connectivity index (χ3n) is 4.87. The van der Waals surface area contributed by atoms with Crippen LogP contribution in [0, 0.1) is 5.92 Å². The van der Waals surface area contributed by atoms with E-state index in [0.717, 1.165) is 19.6 Å². The van der Waals surface area contributed by atoms with Crippen LogP contribution in [0.5, 0.6) is 0 Å². The van der Waals surface area contributed by atoms with Crippen LogP contribution in [0.1, 0.15) is 51.9 Å². The van der Waals surface area contributed by atoms with Crippen molar-refractivity contribution < 1.29 is 9.53 Å². The van der Waals surface area contributed by atoms with Gasteiger partial charge in [0.2, 0.25) is 0 Å². The van der Waals surface area contributed by atoms with Gasteiger partial charge in [0.1, 0.15) is 5.54 Å². The van der Waals surface area contributed by atoms with Crippen molar-refractivity contribution >= 4 is 5.97 Å². The highest BCUT2D eigenvalue weighted by Crippen LogP contribution is 2.43. The van der Waals surface area contributed by atoms with E-state index in [1.54, 1.807) is 0 Å². The van der Waals surface area contributed by atoms with Crippen molar-refractivity contribution in [2.75, 3.05) is 26.2 Å². The lowest BCUT2D eigenvalue weighted by Crippen LogP contribution is -2.62. The Labute approximate surface area is 122 Å². The minimum absolute atomic E-state index is 0.0000246. The van der Waals surface area contributed by atoms with Crippen LogP contribution in [0.25, 0.3) is 0 Å². The first-order chi connectivity index (χ1) is 9.74. The lowest BCUT2D eigenvalue weighted by molar-refractivity contribution is -0.153. The van der Waals surface area contributed by atoms with Crippen LogP contribution in [0.3, 0.4) is 0 Å². The van der Waals surface area contributed by atoms with E-state index in [-0.39, 0.29) is 5.97 Å². The number of rotatable bonds is 7. The molecule has 0 aromatic heterocycles. The molecule has 0 radical (unpaired) electrons. The predicted molar refractivity (Wildman–Crippen MR) is 78.5 cm³/mol. The second kappa shape index (κ2) is 6.02.